The number of nitrogens with one attached hydrogen (secondary N) is 2. The largest absolute Gasteiger partial charge is 0.372 e. The molecule has 3 aliphatic rings. The van der Waals surface area contributed by atoms with Gasteiger partial charge < -0.3 is 20.3 Å². The van der Waals surface area contributed by atoms with Gasteiger partial charge in [0, 0.05) is 36.5 Å². The molecule has 29 heavy (non-hydrogen) atoms. The number of carbonyl (C=O) groups is 1. The van der Waals surface area contributed by atoms with Gasteiger partial charge in [-0.05, 0) is 38.3 Å². The highest BCUT2D eigenvalue weighted by Gasteiger charge is 2.27. The van der Waals surface area contributed by atoms with Crippen LogP contribution < -0.4 is 15.5 Å². The van der Waals surface area contributed by atoms with Gasteiger partial charge in [-0.25, -0.2) is 4.98 Å². The molecule has 4 heterocycles. The number of rotatable bonds is 4. The lowest BCUT2D eigenvalue weighted by molar-refractivity contribution is -0.118. The lowest BCUT2D eigenvalue weighted by atomic mass is 10.1. The fourth-order valence-electron chi connectivity index (χ4n) is 4.03. The van der Waals surface area contributed by atoms with E-state index in [-0.39, 0.29) is 18.1 Å². The van der Waals surface area contributed by atoms with Gasteiger partial charge in [-0.2, -0.15) is 9.61 Å². The molecule has 2 aliphatic heterocycles. The third kappa shape index (κ3) is 3.60. The van der Waals surface area contributed by atoms with E-state index in [9.17, 15) is 4.79 Å². The Hall–Kier alpha value is -2.87. The van der Waals surface area contributed by atoms with Gasteiger partial charge in [0.1, 0.15) is 11.6 Å². The van der Waals surface area contributed by atoms with Crippen molar-refractivity contribution in [3.8, 4) is 0 Å². The number of carbonyl (C=O) groups excluding carboxylic acids is 1. The molecule has 1 aliphatic carbocycles. The van der Waals surface area contributed by atoms with E-state index < -0.39 is 0 Å². The molecule has 0 unspecified atom stereocenters. The number of allylic oxidation sites excluding steroid dienone is 1. The number of morpholine rings is 1. The molecular formula is C21H26N6O2. The Kier molecular flexibility index (Phi) is 4.31. The highest BCUT2D eigenvalue weighted by atomic mass is 16.5. The van der Waals surface area contributed by atoms with Crippen LogP contribution in [0.15, 0.2) is 30.1 Å². The van der Waals surface area contributed by atoms with Gasteiger partial charge in [0.25, 0.3) is 0 Å². The standard InChI is InChI=1S/C21H26N6O2/c1-12-10-26(11-13(2)29-12)18-8-19(24-17-4-5-17)27-21(25-18)16(9-22-27)6-15-7-20(28)23-14(15)3/h6,8-9,12-13,17,24H,3-5,7,10-11H2,1-2H3,(H,23,28)/b15-6+/t12-,13+. The Labute approximate surface area is 169 Å². The number of fused-ring (bicyclic) bond motifs is 1. The van der Waals surface area contributed by atoms with Gasteiger partial charge in [0.05, 0.1) is 24.8 Å². The van der Waals surface area contributed by atoms with E-state index in [1.165, 1.54) is 12.8 Å². The normalized spacial score (nSPS) is 26.4. The minimum Gasteiger partial charge on any atom is -0.372 e. The summed E-state index contributed by atoms with van der Waals surface area (Å²) < 4.78 is 7.74. The molecule has 152 valence electrons. The van der Waals surface area contributed by atoms with Crippen LogP contribution in [0.3, 0.4) is 0 Å². The highest BCUT2D eigenvalue weighted by Crippen LogP contribution is 2.30. The van der Waals surface area contributed by atoms with Crippen molar-refractivity contribution in [2.75, 3.05) is 23.3 Å². The van der Waals surface area contributed by atoms with Crippen LogP contribution in [0.25, 0.3) is 11.7 Å². The van der Waals surface area contributed by atoms with Gasteiger partial charge in [-0.3, -0.25) is 4.79 Å². The van der Waals surface area contributed by atoms with Gasteiger partial charge in [-0.1, -0.05) is 6.58 Å². The average Bonchev–Trinajstić information content (AvgIpc) is 3.29. The first kappa shape index (κ1) is 18.2. The number of hydrogen-bond acceptors (Lipinski definition) is 6. The predicted octanol–water partition coefficient (Wildman–Crippen LogP) is 2.33. The van der Waals surface area contributed by atoms with E-state index in [1.54, 1.807) is 6.20 Å². The average molecular weight is 394 g/mol. The predicted molar refractivity (Wildman–Crippen MR) is 112 cm³/mol. The van der Waals surface area contributed by atoms with Gasteiger partial charge in [0.2, 0.25) is 5.91 Å². The summed E-state index contributed by atoms with van der Waals surface area (Å²) in [6.45, 7) is 9.73. The maximum Gasteiger partial charge on any atom is 0.228 e. The Balaban J connectivity index is 1.58. The molecule has 2 saturated heterocycles. The Morgan fingerprint density at radius 1 is 1.31 bits per heavy atom. The summed E-state index contributed by atoms with van der Waals surface area (Å²) in [5.74, 6) is 1.84. The lowest BCUT2D eigenvalue weighted by Gasteiger charge is -2.36. The van der Waals surface area contributed by atoms with E-state index in [2.05, 4.69) is 47.1 Å². The second kappa shape index (κ2) is 6.88. The SMILES string of the molecule is C=C1NC(=O)C/C1=C\c1cnn2c(NC3CC3)cc(N3C[C@@H](C)O[C@@H](C)C3)nc12. The molecule has 2 aromatic heterocycles. The van der Waals surface area contributed by atoms with Crippen LogP contribution >= 0.6 is 0 Å². The first-order chi connectivity index (χ1) is 14.0. The first-order valence-corrected chi connectivity index (χ1v) is 10.2. The quantitative estimate of drug-likeness (QED) is 0.828. The van der Waals surface area contributed by atoms with Crippen LogP contribution in [0, 0.1) is 0 Å². The summed E-state index contributed by atoms with van der Waals surface area (Å²) in [5, 5.41) is 10.9. The van der Waals surface area contributed by atoms with Crippen molar-refractivity contribution in [2.24, 2.45) is 0 Å². The molecule has 8 nitrogen and oxygen atoms in total. The molecule has 8 heteroatoms. The fraction of sp³-hybridized carbons (Fsp3) is 0.476. The Bertz CT molecular complexity index is 1010. The molecule has 1 saturated carbocycles. The van der Waals surface area contributed by atoms with E-state index in [0.29, 0.717) is 18.2 Å². The molecule has 3 fully saturated rings. The second-order valence-electron chi connectivity index (χ2n) is 8.29. The number of aromatic nitrogens is 3. The fourth-order valence-corrected chi connectivity index (χ4v) is 4.03. The van der Waals surface area contributed by atoms with Gasteiger partial charge >= 0.3 is 0 Å². The van der Waals surface area contributed by atoms with E-state index in [4.69, 9.17) is 9.72 Å². The molecular weight excluding hydrogens is 368 g/mol. The summed E-state index contributed by atoms with van der Waals surface area (Å²) in [6, 6.07) is 2.58. The van der Waals surface area contributed by atoms with Crippen molar-refractivity contribution in [2.45, 2.75) is 51.4 Å². The van der Waals surface area contributed by atoms with Crippen molar-refractivity contribution < 1.29 is 9.53 Å². The number of hydrogen-bond donors (Lipinski definition) is 2. The lowest BCUT2D eigenvalue weighted by Crippen LogP contribution is -2.45. The minimum absolute atomic E-state index is 0.0289. The maximum atomic E-state index is 11.7. The van der Waals surface area contributed by atoms with Gasteiger partial charge in [0.15, 0.2) is 5.65 Å². The zero-order valence-electron chi connectivity index (χ0n) is 16.8. The van der Waals surface area contributed by atoms with Crippen molar-refractivity contribution in [1.82, 2.24) is 19.9 Å². The summed E-state index contributed by atoms with van der Waals surface area (Å²) in [6.07, 6.45) is 6.76. The summed E-state index contributed by atoms with van der Waals surface area (Å²) in [4.78, 5) is 18.9. The van der Waals surface area contributed by atoms with Crippen LogP contribution in [0.4, 0.5) is 11.6 Å². The molecule has 0 aromatic carbocycles. The Morgan fingerprint density at radius 2 is 2.07 bits per heavy atom. The second-order valence-corrected chi connectivity index (χ2v) is 8.29. The highest BCUT2D eigenvalue weighted by molar-refractivity contribution is 5.89. The maximum absolute atomic E-state index is 11.7. The zero-order chi connectivity index (χ0) is 20.1. The van der Waals surface area contributed by atoms with Crippen LogP contribution in [-0.2, 0) is 9.53 Å². The third-order valence-electron chi connectivity index (χ3n) is 5.52. The summed E-state index contributed by atoms with van der Waals surface area (Å²) in [7, 11) is 0. The molecule has 0 bridgehead atoms. The zero-order valence-corrected chi connectivity index (χ0v) is 16.8. The van der Waals surface area contributed by atoms with E-state index in [1.807, 2.05) is 10.6 Å². The number of nitrogens with zero attached hydrogens (tertiary/aromatic N) is 4. The monoisotopic (exact) mass is 394 g/mol. The van der Waals surface area contributed by atoms with Crippen molar-refractivity contribution in [3.63, 3.8) is 0 Å². The van der Waals surface area contributed by atoms with Gasteiger partial charge in [-0.15, -0.1) is 0 Å². The third-order valence-corrected chi connectivity index (χ3v) is 5.52. The van der Waals surface area contributed by atoms with Crippen molar-refractivity contribution >= 4 is 29.3 Å². The van der Waals surface area contributed by atoms with E-state index in [0.717, 1.165) is 41.5 Å². The smallest absolute Gasteiger partial charge is 0.228 e. The molecule has 2 N–H and O–H groups in total. The number of ether oxygens (including phenoxy) is 1. The Morgan fingerprint density at radius 3 is 2.72 bits per heavy atom. The molecule has 0 spiro atoms. The summed E-state index contributed by atoms with van der Waals surface area (Å²) in [5.41, 5.74) is 3.19. The van der Waals surface area contributed by atoms with Crippen molar-refractivity contribution in [3.05, 3.63) is 35.7 Å². The molecule has 5 rings (SSSR count). The number of amides is 1. The topological polar surface area (TPSA) is 83.8 Å². The van der Waals surface area contributed by atoms with Crippen LogP contribution in [0.1, 0.15) is 38.7 Å². The number of anilines is 2. The molecule has 2 aromatic rings. The van der Waals surface area contributed by atoms with Crippen LogP contribution in [0.5, 0.6) is 0 Å². The van der Waals surface area contributed by atoms with Crippen molar-refractivity contribution in [1.29, 1.82) is 0 Å². The minimum atomic E-state index is -0.0289. The van der Waals surface area contributed by atoms with E-state index >= 15 is 0 Å². The molecule has 0 radical (unpaired) electrons. The molecule has 2 atom stereocenters. The summed E-state index contributed by atoms with van der Waals surface area (Å²) >= 11 is 0. The van der Waals surface area contributed by atoms with Crippen LogP contribution in [-0.4, -0.2) is 51.8 Å². The van der Waals surface area contributed by atoms with Crippen LogP contribution in [0.2, 0.25) is 0 Å². The molecule has 1 amide bonds. The first-order valence-electron chi connectivity index (χ1n) is 10.2.